The predicted octanol–water partition coefficient (Wildman–Crippen LogP) is 7.99. The number of alkyl halides is 3. The molecular formula is C34H23F3IN9Zn. The van der Waals surface area contributed by atoms with Crippen LogP contribution in [0.15, 0.2) is 97.1 Å². The van der Waals surface area contributed by atoms with Gasteiger partial charge in [-0.05, 0) is 0 Å². The van der Waals surface area contributed by atoms with Crippen molar-refractivity contribution in [3.63, 3.8) is 0 Å². The van der Waals surface area contributed by atoms with E-state index in [-0.39, 0.29) is 43.5 Å². The van der Waals surface area contributed by atoms with Crippen molar-refractivity contribution in [1.29, 1.82) is 0 Å². The van der Waals surface area contributed by atoms with E-state index in [4.69, 9.17) is 29.9 Å². The first-order chi connectivity index (χ1) is 22.4. The largest absolute Gasteiger partial charge is 0.400 e. The van der Waals surface area contributed by atoms with Crippen LogP contribution in [0.3, 0.4) is 0 Å². The number of nitrogens with zero attached hydrogens (tertiary/aromatic N) is 6. The average Bonchev–Trinajstić information content (AvgIpc) is 3.80. The Bertz CT molecular complexity index is 2170. The van der Waals surface area contributed by atoms with Crippen LogP contribution in [-0.2, 0) is 19.5 Å². The minimum absolute atomic E-state index is 0. The number of nitrogens with one attached hydrogen (secondary N) is 2. The maximum Gasteiger partial charge on any atom is 0.400 e. The molecule has 0 amide bonds. The van der Waals surface area contributed by atoms with Crippen molar-refractivity contribution in [2.45, 2.75) is 6.18 Å². The summed E-state index contributed by atoms with van der Waals surface area (Å²) in [5.41, 5.74) is 10.6. The number of halogens is 4. The van der Waals surface area contributed by atoms with Gasteiger partial charge in [0.1, 0.15) is 22.6 Å². The molecule has 4 N–H and O–H groups in total. The van der Waals surface area contributed by atoms with E-state index < -0.39 is 12.7 Å². The van der Waals surface area contributed by atoms with Gasteiger partial charge in [0.25, 0.3) is 0 Å². The van der Waals surface area contributed by atoms with Crippen molar-refractivity contribution in [3.05, 3.63) is 97.1 Å². The van der Waals surface area contributed by atoms with Gasteiger partial charge in [-0.1, -0.05) is 97.1 Å². The number of hydrogen-bond donors (Lipinski definition) is 3. The van der Waals surface area contributed by atoms with E-state index in [1.54, 1.807) is 0 Å². The van der Waals surface area contributed by atoms with Crippen LogP contribution < -0.4 is 5.73 Å². The molecule has 14 heteroatoms. The molecule has 0 radical (unpaired) electrons. The molecule has 2 aliphatic heterocycles. The minimum Gasteiger partial charge on any atom is -0.324 e. The SMILES string of the molecule is I.NCC(F)(F)F.[Zn].c1ccc2c(c1)-c1nc-2nc2[nH]c(nc3nc(nc4[nH]c(n1)c1ccccc41)-c1ccccc1-3)c1ccccc21. The van der Waals surface area contributed by atoms with Crippen LogP contribution in [0.4, 0.5) is 13.2 Å². The molecule has 9 rings (SSSR count). The number of H-pyrrole nitrogens is 2. The summed E-state index contributed by atoms with van der Waals surface area (Å²) in [6.07, 6.45) is -4.18. The number of benzene rings is 4. The summed E-state index contributed by atoms with van der Waals surface area (Å²) in [5, 5.41) is 3.82. The Morgan fingerprint density at radius 1 is 0.458 bits per heavy atom. The van der Waals surface area contributed by atoms with Crippen molar-refractivity contribution >= 4 is 68.1 Å². The normalized spacial score (nSPS) is 11.5. The molecular weight excluding hydrogens is 784 g/mol. The smallest absolute Gasteiger partial charge is 0.324 e. The van der Waals surface area contributed by atoms with Crippen LogP contribution in [0.1, 0.15) is 0 Å². The molecule has 2 aliphatic rings. The summed E-state index contributed by atoms with van der Waals surface area (Å²) in [4.78, 5) is 36.8. The Morgan fingerprint density at radius 3 is 0.917 bits per heavy atom. The summed E-state index contributed by atoms with van der Waals surface area (Å²) in [7, 11) is 0. The topological polar surface area (TPSA) is 135 Å². The Kier molecular flexibility index (Phi) is 9.07. The van der Waals surface area contributed by atoms with Gasteiger partial charge in [0.05, 0.1) is 6.54 Å². The zero-order valence-corrected chi connectivity index (χ0v) is 30.3. The van der Waals surface area contributed by atoms with Gasteiger partial charge in [-0.3, -0.25) is 0 Å². The van der Waals surface area contributed by atoms with E-state index in [1.165, 1.54) is 0 Å². The molecule has 0 aliphatic carbocycles. The van der Waals surface area contributed by atoms with Crippen molar-refractivity contribution in [1.82, 2.24) is 39.9 Å². The van der Waals surface area contributed by atoms with E-state index >= 15 is 0 Å². The van der Waals surface area contributed by atoms with Crippen LogP contribution in [0.25, 0.3) is 89.7 Å². The Balaban J connectivity index is 0.000000463. The molecule has 4 aromatic carbocycles. The van der Waals surface area contributed by atoms with E-state index in [2.05, 4.69) is 15.7 Å². The zero-order valence-electron chi connectivity index (χ0n) is 25.0. The number of nitrogens with two attached hydrogens (primary N) is 1. The number of hydrogen-bond acceptors (Lipinski definition) is 7. The van der Waals surface area contributed by atoms with Crippen LogP contribution in [0.2, 0.25) is 0 Å². The minimum atomic E-state index is -4.18. The molecule has 0 fully saturated rings. The van der Waals surface area contributed by atoms with Gasteiger partial charge in [-0.15, -0.1) is 24.0 Å². The van der Waals surface area contributed by atoms with Gasteiger partial charge in [0.2, 0.25) is 0 Å². The Hall–Kier alpha value is -4.66. The monoisotopic (exact) mass is 805 g/mol. The van der Waals surface area contributed by atoms with Crippen molar-refractivity contribution < 1.29 is 32.6 Å². The Morgan fingerprint density at radius 2 is 0.688 bits per heavy atom. The molecule has 0 spiro atoms. The van der Waals surface area contributed by atoms with Crippen molar-refractivity contribution in [2.75, 3.05) is 6.54 Å². The van der Waals surface area contributed by atoms with Gasteiger partial charge >= 0.3 is 6.18 Å². The third-order valence-corrected chi connectivity index (χ3v) is 7.69. The van der Waals surface area contributed by atoms with Crippen molar-refractivity contribution in [2.24, 2.45) is 5.73 Å². The quantitative estimate of drug-likeness (QED) is 0.105. The first kappa shape index (κ1) is 33.3. The number of aromatic amines is 2. The Labute approximate surface area is 300 Å². The molecule has 48 heavy (non-hydrogen) atoms. The fourth-order valence-electron chi connectivity index (χ4n) is 5.59. The molecule has 0 unspecified atom stereocenters. The molecule has 9 nitrogen and oxygen atoms in total. The third-order valence-electron chi connectivity index (χ3n) is 7.69. The fraction of sp³-hybridized carbons (Fsp3) is 0.0588. The number of aromatic nitrogens is 8. The number of rotatable bonds is 0. The van der Waals surface area contributed by atoms with Gasteiger partial charge in [-0.25, -0.2) is 29.9 Å². The first-order valence-electron chi connectivity index (χ1n) is 14.3. The average molecular weight is 807 g/mol. The fourth-order valence-corrected chi connectivity index (χ4v) is 5.59. The molecule has 8 bridgehead atoms. The molecule has 0 saturated carbocycles. The summed E-state index contributed by atoms with van der Waals surface area (Å²) in [6.45, 7) is -1.23. The van der Waals surface area contributed by atoms with Gasteiger partial charge in [0, 0.05) is 63.3 Å². The van der Waals surface area contributed by atoms with E-state index in [1.807, 2.05) is 97.1 Å². The summed E-state index contributed by atoms with van der Waals surface area (Å²) in [5.74, 6) is 2.39. The second-order valence-corrected chi connectivity index (χ2v) is 10.6. The van der Waals surface area contributed by atoms with E-state index in [9.17, 15) is 13.2 Å². The number of fused-ring (bicyclic) bond motifs is 20. The van der Waals surface area contributed by atoms with Crippen molar-refractivity contribution in [3.8, 4) is 45.6 Å². The van der Waals surface area contributed by atoms with Crippen LogP contribution >= 0.6 is 24.0 Å². The molecule has 234 valence electrons. The maximum absolute atomic E-state index is 10.7. The third kappa shape index (κ3) is 5.95. The standard InChI is InChI=1S/C32H18N8.C2H4F3N.HI.Zn/c1-2-10-18-17(9-1)25-33-26(18)38-28-21-13-5-6-14-22(21)30(35-28)40-32-24-16-8-7-15-23(24)31(36-32)39-29-20-12-4-3-11-19(20)27(34-29)37-25;3-2(4,5)1-6;;/h1-16H,(H2,33,34,35,36,37,38,39,40);1,6H2;1H;. The van der Waals surface area contributed by atoms with Crippen LogP contribution in [-0.4, -0.2) is 52.6 Å². The van der Waals surface area contributed by atoms with E-state index in [0.717, 1.165) is 43.8 Å². The maximum atomic E-state index is 10.7. The van der Waals surface area contributed by atoms with Gasteiger partial charge in [0.15, 0.2) is 23.3 Å². The van der Waals surface area contributed by atoms with Crippen LogP contribution in [0, 0.1) is 0 Å². The second-order valence-electron chi connectivity index (χ2n) is 10.6. The molecule has 7 aromatic rings. The van der Waals surface area contributed by atoms with Crippen LogP contribution in [0.5, 0.6) is 0 Å². The predicted molar refractivity (Wildman–Crippen MR) is 187 cm³/mol. The van der Waals surface area contributed by atoms with Gasteiger partial charge in [-0.2, -0.15) is 13.2 Å². The van der Waals surface area contributed by atoms with Gasteiger partial charge < -0.3 is 15.7 Å². The first-order valence-corrected chi connectivity index (χ1v) is 14.3. The summed E-state index contributed by atoms with van der Waals surface area (Å²) >= 11 is 0. The summed E-state index contributed by atoms with van der Waals surface area (Å²) < 4.78 is 32.0. The summed E-state index contributed by atoms with van der Waals surface area (Å²) in [6, 6.07) is 32.2. The molecule has 5 heterocycles. The molecule has 0 atom stereocenters. The molecule has 0 saturated heterocycles. The van der Waals surface area contributed by atoms with E-state index in [0.29, 0.717) is 45.9 Å². The second kappa shape index (κ2) is 13.1. The zero-order chi connectivity index (χ0) is 31.4. The molecule has 3 aromatic heterocycles.